The topological polar surface area (TPSA) is 89.8 Å². The fourth-order valence-corrected chi connectivity index (χ4v) is 2.78. The Hall–Kier alpha value is -2.88. The van der Waals surface area contributed by atoms with Crippen molar-refractivity contribution >= 4 is 17.5 Å². The summed E-state index contributed by atoms with van der Waals surface area (Å²) in [5.41, 5.74) is 0.568. The van der Waals surface area contributed by atoms with E-state index >= 15 is 0 Å². The predicted molar refractivity (Wildman–Crippen MR) is 89.4 cm³/mol. The van der Waals surface area contributed by atoms with Gasteiger partial charge in [0.2, 0.25) is 0 Å². The number of nitrogens with one attached hydrogen (secondary N) is 2. The fraction of sp³-hybridized carbons (Fsp3) is 0.375. The summed E-state index contributed by atoms with van der Waals surface area (Å²) < 4.78 is 0. The highest BCUT2D eigenvalue weighted by Crippen LogP contribution is 2.25. The van der Waals surface area contributed by atoms with Crippen LogP contribution in [0.1, 0.15) is 18.4 Å². The lowest BCUT2D eigenvalue weighted by Gasteiger charge is -2.26. The van der Waals surface area contributed by atoms with E-state index in [1.165, 1.54) is 0 Å². The van der Waals surface area contributed by atoms with Crippen molar-refractivity contribution in [1.82, 2.24) is 15.0 Å². The van der Waals surface area contributed by atoms with Gasteiger partial charge in [-0.05, 0) is 25.0 Å². The number of aromatic nitrogens is 3. The molecule has 0 bridgehead atoms. The van der Waals surface area contributed by atoms with Gasteiger partial charge in [-0.2, -0.15) is 5.26 Å². The number of nitriles is 1. The highest BCUT2D eigenvalue weighted by atomic mass is 15.3. The number of nitrogens with zero attached hydrogens (tertiary/aromatic N) is 5. The van der Waals surface area contributed by atoms with E-state index in [1.807, 2.05) is 19.2 Å². The Morgan fingerprint density at radius 1 is 1.30 bits per heavy atom. The number of hydrogen-bond acceptors (Lipinski definition) is 7. The normalized spacial score (nSPS) is 16.9. The van der Waals surface area contributed by atoms with E-state index in [9.17, 15) is 0 Å². The summed E-state index contributed by atoms with van der Waals surface area (Å²) in [6.07, 6.45) is 5.43. The Bertz CT molecular complexity index is 692. The van der Waals surface area contributed by atoms with Crippen LogP contribution in [-0.2, 0) is 0 Å². The predicted octanol–water partition coefficient (Wildman–Crippen LogP) is 1.87. The van der Waals surface area contributed by atoms with Gasteiger partial charge in [0.25, 0.3) is 0 Å². The second-order valence-corrected chi connectivity index (χ2v) is 5.43. The van der Waals surface area contributed by atoms with Gasteiger partial charge in [-0.3, -0.25) is 0 Å². The summed E-state index contributed by atoms with van der Waals surface area (Å²) in [6.45, 7) is 1.78. The third kappa shape index (κ3) is 3.48. The summed E-state index contributed by atoms with van der Waals surface area (Å²) in [5.74, 6) is 2.55. The van der Waals surface area contributed by atoms with Gasteiger partial charge in [0.05, 0.1) is 5.56 Å². The molecule has 2 aromatic rings. The molecule has 2 aromatic heterocycles. The van der Waals surface area contributed by atoms with E-state index in [0.29, 0.717) is 11.6 Å². The van der Waals surface area contributed by atoms with Crippen LogP contribution >= 0.6 is 0 Å². The number of hydrogen-bond donors (Lipinski definition) is 2. The Morgan fingerprint density at radius 3 is 2.96 bits per heavy atom. The van der Waals surface area contributed by atoms with Crippen LogP contribution in [0.4, 0.5) is 17.5 Å². The first kappa shape index (κ1) is 15.0. The van der Waals surface area contributed by atoms with Gasteiger partial charge in [0.15, 0.2) is 0 Å². The van der Waals surface area contributed by atoms with Gasteiger partial charge in [-0.25, -0.2) is 15.0 Å². The molecule has 2 N–H and O–H groups in total. The first-order valence-corrected chi connectivity index (χ1v) is 7.66. The smallest absolute Gasteiger partial charge is 0.134 e. The molecule has 1 aliphatic rings. The lowest BCUT2D eigenvalue weighted by atomic mass is 10.2. The van der Waals surface area contributed by atoms with E-state index < -0.39 is 0 Å². The largest absolute Gasteiger partial charge is 0.373 e. The molecule has 0 aliphatic carbocycles. The molecular weight excluding hydrogens is 290 g/mol. The summed E-state index contributed by atoms with van der Waals surface area (Å²) in [6, 6.07) is 8.01. The maximum atomic E-state index is 8.80. The molecule has 0 saturated carbocycles. The van der Waals surface area contributed by atoms with Crippen LogP contribution in [-0.4, -0.2) is 41.1 Å². The number of anilines is 3. The number of pyridine rings is 1. The minimum Gasteiger partial charge on any atom is -0.373 e. The Kier molecular flexibility index (Phi) is 4.52. The molecule has 1 aliphatic heterocycles. The lowest BCUT2D eigenvalue weighted by molar-refractivity contribution is 0.689. The van der Waals surface area contributed by atoms with E-state index in [1.54, 1.807) is 18.6 Å². The highest BCUT2D eigenvalue weighted by Gasteiger charge is 2.25. The Balaban J connectivity index is 1.65. The second-order valence-electron chi connectivity index (χ2n) is 5.43. The van der Waals surface area contributed by atoms with E-state index in [-0.39, 0.29) is 0 Å². The zero-order valence-electron chi connectivity index (χ0n) is 13.0. The zero-order chi connectivity index (χ0) is 16.1. The van der Waals surface area contributed by atoms with Crippen molar-refractivity contribution in [3.05, 3.63) is 36.3 Å². The molecular formula is C16H19N7. The molecule has 1 saturated heterocycles. The molecule has 0 spiro atoms. The molecule has 7 nitrogen and oxygen atoms in total. The second kappa shape index (κ2) is 6.92. The van der Waals surface area contributed by atoms with E-state index in [4.69, 9.17) is 5.26 Å². The molecule has 1 fully saturated rings. The molecule has 3 heterocycles. The van der Waals surface area contributed by atoms with Crippen molar-refractivity contribution < 1.29 is 0 Å². The summed E-state index contributed by atoms with van der Waals surface area (Å²) in [5, 5.41) is 15.2. The van der Waals surface area contributed by atoms with Crippen LogP contribution in [0.3, 0.4) is 0 Å². The molecule has 1 atom stereocenters. The summed E-state index contributed by atoms with van der Waals surface area (Å²) in [7, 11) is 1.85. The Labute approximate surface area is 135 Å². The molecule has 3 rings (SSSR count). The van der Waals surface area contributed by atoms with Crippen molar-refractivity contribution in [3.63, 3.8) is 0 Å². The maximum absolute atomic E-state index is 8.80. The van der Waals surface area contributed by atoms with Crippen LogP contribution in [0, 0.1) is 11.3 Å². The van der Waals surface area contributed by atoms with Gasteiger partial charge >= 0.3 is 0 Å². The summed E-state index contributed by atoms with van der Waals surface area (Å²) in [4.78, 5) is 15.1. The maximum Gasteiger partial charge on any atom is 0.134 e. The third-order valence-corrected chi connectivity index (χ3v) is 3.99. The quantitative estimate of drug-likeness (QED) is 0.871. The monoisotopic (exact) mass is 309 g/mol. The van der Waals surface area contributed by atoms with Crippen molar-refractivity contribution in [2.24, 2.45) is 0 Å². The van der Waals surface area contributed by atoms with Crippen LogP contribution in [0.5, 0.6) is 0 Å². The van der Waals surface area contributed by atoms with Crippen LogP contribution in [0.25, 0.3) is 0 Å². The van der Waals surface area contributed by atoms with Crippen molar-refractivity contribution in [2.45, 2.75) is 18.9 Å². The van der Waals surface area contributed by atoms with E-state index in [2.05, 4.69) is 36.6 Å². The molecule has 118 valence electrons. The average molecular weight is 309 g/mol. The minimum atomic E-state index is 0.368. The highest BCUT2D eigenvalue weighted by molar-refractivity contribution is 5.50. The SMILES string of the molecule is CNc1cc(N2CCC[C@@H]2CNc2ccc(C#N)cn2)ncn1. The molecule has 23 heavy (non-hydrogen) atoms. The lowest BCUT2D eigenvalue weighted by Crippen LogP contribution is -2.35. The Morgan fingerprint density at radius 2 is 2.22 bits per heavy atom. The van der Waals surface area contributed by atoms with Gasteiger partial charge in [0, 0.05) is 38.4 Å². The van der Waals surface area contributed by atoms with Gasteiger partial charge in [0.1, 0.15) is 29.9 Å². The summed E-state index contributed by atoms with van der Waals surface area (Å²) >= 11 is 0. The van der Waals surface area contributed by atoms with Gasteiger partial charge in [-0.15, -0.1) is 0 Å². The standard InChI is InChI=1S/C16H19N7/c1-18-15-7-16(22-11-21-15)23-6-2-3-13(23)10-20-14-5-4-12(8-17)9-19-14/h4-5,7,9,11,13H,2-3,6,10H2,1H3,(H,19,20)(H,18,21,22)/t13-/m1/s1. The average Bonchev–Trinajstić information content (AvgIpc) is 3.09. The van der Waals surface area contributed by atoms with Crippen molar-refractivity contribution in [2.75, 3.05) is 35.7 Å². The zero-order valence-corrected chi connectivity index (χ0v) is 13.0. The van der Waals surface area contributed by atoms with Crippen molar-refractivity contribution in [3.8, 4) is 6.07 Å². The molecule has 0 unspecified atom stereocenters. The third-order valence-electron chi connectivity index (χ3n) is 3.99. The molecule has 7 heteroatoms. The minimum absolute atomic E-state index is 0.368. The van der Waals surface area contributed by atoms with Crippen LogP contribution in [0.2, 0.25) is 0 Å². The van der Waals surface area contributed by atoms with Crippen molar-refractivity contribution in [1.29, 1.82) is 5.26 Å². The number of rotatable bonds is 5. The van der Waals surface area contributed by atoms with Crippen LogP contribution < -0.4 is 15.5 Å². The molecule has 0 amide bonds. The molecule has 0 radical (unpaired) electrons. The molecule has 0 aromatic carbocycles. The first-order chi connectivity index (χ1) is 11.3. The first-order valence-electron chi connectivity index (χ1n) is 7.66. The van der Waals surface area contributed by atoms with Crippen LogP contribution in [0.15, 0.2) is 30.7 Å². The fourth-order valence-electron chi connectivity index (χ4n) is 2.78. The van der Waals surface area contributed by atoms with Gasteiger partial charge in [-0.1, -0.05) is 0 Å². The van der Waals surface area contributed by atoms with Gasteiger partial charge < -0.3 is 15.5 Å². The van der Waals surface area contributed by atoms with E-state index in [0.717, 1.165) is 43.4 Å².